The molecule has 15 heavy (non-hydrogen) atoms. The highest BCUT2D eigenvalue weighted by atomic mass is 16.5. The van der Waals surface area contributed by atoms with E-state index in [0.29, 0.717) is 18.7 Å². The maximum atomic E-state index is 11.3. The minimum absolute atomic E-state index is 0.0951. The van der Waals surface area contributed by atoms with Gasteiger partial charge < -0.3 is 15.4 Å². The summed E-state index contributed by atoms with van der Waals surface area (Å²) in [6, 6.07) is 0.447. The van der Waals surface area contributed by atoms with E-state index in [1.807, 2.05) is 6.92 Å². The van der Waals surface area contributed by atoms with E-state index < -0.39 is 0 Å². The van der Waals surface area contributed by atoms with Crippen LogP contribution in [-0.2, 0) is 9.53 Å². The standard InChI is InChI=1S/C11H22N2O2/c1-3-6-12-11(14)8-13-9-4-5-10(7-9)15-2/h9-10,13H,3-8H2,1-2H3,(H,12,14). The van der Waals surface area contributed by atoms with Crippen molar-refractivity contribution in [1.29, 1.82) is 0 Å². The molecule has 1 amide bonds. The first-order chi connectivity index (χ1) is 7.26. The molecule has 2 atom stereocenters. The summed E-state index contributed by atoms with van der Waals surface area (Å²) in [6.45, 7) is 3.25. The van der Waals surface area contributed by atoms with Crippen LogP contribution in [-0.4, -0.2) is 38.3 Å². The fourth-order valence-corrected chi connectivity index (χ4v) is 1.90. The zero-order valence-electron chi connectivity index (χ0n) is 9.71. The Kier molecular flexibility index (Phi) is 5.65. The molecule has 0 aliphatic heterocycles. The first-order valence-corrected chi connectivity index (χ1v) is 5.79. The molecule has 0 radical (unpaired) electrons. The third kappa shape index (κ3) is 4.62. The minimum atomic E-state index is 0.0951. The highest BCUT2D eigenvalue weighted by molar-refractivity contribution is 5.77. The van der Waals surface area contributed by atoms with Crippen molar-refractivity contribution >= 4 is 5.91 Å². The molecule has 2 unspecified atom stereocenters. The van der Waals surface area contributed by atoms with Crippen LogP contribution >= 0.6 is 0 Å². The molecule has 0 bridgehead atoms. The van der Waals surface area contributed by atoms with Gasteiger partial charge in [0.05, 0.1) is 12.6 Å². The molecular weight excluding hydrogens is 192 g/mol. The van der Waals surface area contributed by atoms with Crippen molar-refractivity contribution in [3.63, 3.8) is 0 Å². The summed E-state index contributed by atoms with van der Waals surface area (Å²) in [5.41, 5.74) is 0. The van der Waals surface area contributed by atoms with Crippen molar-refractivity contribution in [3.8, 4) is 0 Å². The van der Waals surface area contributed by atoms with Crippen molar-refractivity contribution in [3.05, 3.63) is 0 Å². The predicted molar refractivity (Wildman–Crippen MR) is 59.7 cm³/mol. The minimum Gasteiger partial charge on any atom is -0.381 e. The van der Waals surface area contributed by atoms with Gasteiger partial charge in [0.1, 0.15) is 0 Å². The summed E-state index contributed by atoms with van der Waals surface area (Å²) in [5, 5.41) is 6.11. The van der Waals surface area contributed by atoms with Crippen LogP contribution in [0.5, 0.6) is 0 Å². The molecule has 1 fully saturated rings. The topological polar surface area (TPSA) is 50.4 Å². The van der Waals surface area contributed by atoms with Gasteiger partial charge in [-0.1, -0.05) is 6.92 Å². The summed E-state index contributed by atoms with van der Waals surface area (Å²) < 4.78 is 5.27. The van der Waals surface area contributed by atoms with E-state index in [0.717, 1.165) is 32.2 Å². The molecule has 4 heteroatoms. The van der Waals surface area contributed by atoms with Gasteiger partial charge in [-0.2, -0.15) is 0 Å². The van der Waals surface area contributed by atoms with Crippen LogP contribution in [0, 0.1) is 0 Å². The van der Waals surface area contributed by atoms with Gasteiger partial charge in [-0.3, -0.25) is 4.79 Å². The second-order valence-corrected chi connectivity index (χ2v) is 4.10. The quantitative estimate of drug-likeness (QED) is 0.683. The Morgan fingerprint density at radius 1 is 1.47 bits per heavy atom. The monoisotopic (exact) mass is 214 g/mol. The second-order valence-electron chi connectivity index (χ2n) is 4.10. The number of ether oxygens (including phenoxy) is 1. The lowest BCUT2D eigenvalue weighted by molar-refractivity contribution is -0.120. The number of hydrogen-bond donors (Lipinski definition) is 2. The highest BCUT2D eigenvalue weighted by Gasteiger charge is 2.24. The van der Waals surface area contributed by atoms with Crippen LogP contribution in [0.15, 0.2) is 0 Å². The molecule has 0 aromatic heterocycles. The third-order valence-corrected chi connectivity index (χ3v) is 2.84. The molecule has 1 aliphatic rings. The van der Waals surface area contributed by atoms with E-state index in [9.17, 15) is 4.79 Å². The molecule has 0 heterocycles. The van der Waals surface area contributed by atoms with Gasteiger partial charge in [0.15, 0.2) is 0 Å². The van der Waals surface area contributed by atoms with E-state index >= 15 is 0 Å². The molecule has 1 saturated carbocycles. The van der Waals surface area contributed by atoms with Crippen molar-refractivity contribution in [2.45, 2.75) is 44.8 Å². The average Bonchev–Trinajstić information content (AvgIpc) is 2.71. The molecule has 1 aliphatic carbocycles. The van der Waals surface area contributed by atoms with Gasteiger partial charge in [-0.25, -0.2) is 0 Å². The van der Waals surface area contributed by atoms with Crippen LogP contribution in [0.25, 0.3) is 0 Å². The predicted octanol–water partition coefficient (Wildman–Crippen LogP) is 0.670. The largest absolute Gasteiger partial charge is 0.381 e. The third-order valence-electron chi connectivity index (χ3n) is 2.84. The van der Waals surface area contributed by atoms with Crippen LogP contribution in [0.3, 0.4) is 0 Å². The van der Waals surface area contributed by atoms with Crippen molar-refractivity contribution in [1.82, 2.24) is 10.6 Å². The number of carbonyl (C=O) groups is 1. The normalized spacial score (nSPS) is 25.5. The van der Waals surface area contributed by atoms with E-state index in [4.69, 9.17) is 4.74 Å². The molecule has 0 aromatic carbocycles. The zero-order chi connectivity index (χ0) is 11.1. The lowest BCUT2D eigenvalue weighted by Crippen LogP contribution is -2.38. The summed E-state index contributed by atoms with van der Waals surface area (Å²) >= 11 is 0. The molecule has 2 N–H and O–H groups in total. The first kappa shape index (κ1) is 12.5. The van der Waals surface area contributed by atoms with Gasteiger partial charge >= 0.3 is 0 Å². The van der Waals surface area contributed by atoms with Crippen LogP contribution in [0.4, 0.5) is 0 Å². The Labute approximate surface area is 91.8 Å². The fourth-order valence-electron chi connectivity index (χ4n) is 1.90. The van der Waals surface area contributed by atoms with E-state index in [2.05, 4.69) is 10.6 Å². The maximum Gasteiger partial charge on any atom is 0.233 e. The van der Waals surface area contributed by atoms with Gasteiger partial charge in [-0.05, 0) is 25.7 Å². The van der Waals surface area contributed by atoms with Crippen molar-refractivity contribution in [2.75, 3.05) is 20.2 Å². The maximum absolute atomic E-state index is 11.3. The van der Waals surface area contributed by atoms with Crippen LogP contribution in [0.1, 0.15) is 32.6 Å². The van der Waals surface area contributed by atoms with E-state index in [-0.39, 0.29) is 5.91 Å². The van der Waals surface area contributed by atoms with Crippen LogP contribution < -0.4 is 10.6 Å². The van der Waals surface area contributed by atoms with Crippen molar-refractivity contribution < 1.29 is 9.53 Å². The number of hydrogen-bond acceptors (Lipinski definition) is 3. The molecular formula is C11H22N2O2. The number of carbonyl (C=O) groups excluding carboxylic acids is 1. The Morgan fingerprint density at radius 3 is 2.87 bits per heavy atom. The summed E-state index contributed by atoms with van der Waals surface area (Å²) in [5.74, 6) is 0.0951. The Morgan fingerprint density at radius 2 is 2.27 bits per heavy atom. The SMILES string of the molecule is CCCNC(=O)CNC1CCC(OC)C1. The number of nitrogens with one attached hydrogen (secondary N) is 2. The average molecular weight is 214 g/mol. The molecule has 0 saturated heterocycles. The lowest BCUT2D eigenvalue weighted by atomic mass is 10.2. The summed E-state index contributed by atoms with van der Waals surface area (Å²) in [4.78, 5) is 11.3. The van der Waals surface area contributed by atoms with Gasteiger partial charge in [0.25, 0.3) is 0 Å². The fraction of sp³-hybridized carbons (Fsp3) is 0.909. The molecule has 88 valence electrons. The first-order valence-electron chi connectivity index (χ1n) is 5.79. The van der Waals surface area contributed by atoms with Gasteiger partial charge in [-0.15, -0.1) is 0 Å². The highest BCUT2D eigenvalue weighted by Crippen LogP contribution is 2.20. The Bertz CT molecular complexity index is 197. The van der Waals surface area contributed by atoms with Crippen molar-refractivity contribution in [2.24, 2.45) is 0 Å². The summed E-state index contributed by atoms with van der Waals surface area (Å²) in [7, 11) is 1.75. The second kappa shape index (κ2) is 6.80. The Balaban J connectivity index is 2.07. The molecule has 4 nitrogen and oxygen atoms in total. The zero-order valence-corrected chi connectivity index (χ0v) is 9.71. The lowest BCUT2D eigenvalue weighted by Gasteiger charge is -2.12. The van der Waals surface area contributed by atoms with Gasteiger partial charge in [0.2, 0.25) is 5.91 Å². The van der Waals surface area contributed by atoms with Gasteiger partial charge in [0, 0.05) is 19.7 Å². The number of rotatable bonds is 6. The number of methoxy groups -OCH3 is 1. The summed E-state index contributed by atoms with van der Waals surface area (Å²) in [6.07, 6.45) is 4.60. The van der Waals surface area contributed by atoms with E-state index in [1.54, 1.807) is 7.11 Å². The van der Waals surface area contributed by atoms with Crippen LogP contribution in [0.2, 0.25) is 0 Å². The molecule has 1 rings (SSSR count). The molecule has 0 aromatic rings. The van der Waals surface area contributed by atoms with E-state index in [1.165, 1.54) is 0 Å². The Hall–Kier alpha value is -0.610. The smallest absolute Gasteiger partial charge is 0.233 e. The number of amides is 1. The molecule has 0 spiro atoms.